The first-order valence-electron chi connectivity index (χ1n) is 5.99. The van der Waals surface area contributed by atoms with Gasteiger partial charge in [-0.25, -0.2) is 0 Å². The molecule has 0 radical (unpaired) electrons. The van der Waals surface area contributed by atoms with E-state index in [1.165, 1.54) is 0 Å². The number of halogens is 1. The number of hydrogen-bond donors (Lipinski definition) is 1. The van der Waals surface area contributed by atoms with Gasteiger partial charge < -0.3 is 5.11 Å². The molecule has 3 nitrogen and oxygen atoms in total. The summed E-state index contributed by atoms with van der Waals surface area (Å²) < 4.78 is 12.2. The topological polar surface area (TPSA) is 54.4 Å². The molecule has 0 aromatic heterocycles. The lowest BCUT2D eigenvalue weighted by Gasteiger charge is -2.12. The maximum Gasteiger partial charge on any atom is 0.311 e. The molecule has 0 spiro atoms. The summed E-state index contributed by atoms with van der Waals surface area (Å²) in [5.41, 5.74) is 0.655. The molecule has 0 saturated carbocycles. The molecular formula is C15H13ClO3S. The normalized spacial score (nSPS) is 13.7. The van der Waals surface area contributed by atoms with E-state index in [0.29, 0.717) is 15.5 Å². The summed E-state index contributed by atoms with van der Waals surface area (Å²) in [6, 6.07) is 15.4. The Bertz CT molecular complexity index is 611. The van der Waals surface area contributed by atoms with Gasteiger partial charge in [-0.3, -0.25) is 9.00 Å². The quantitative estimate of drug-likeness (QED) is 0.922. The summed E-state index contributed by atoms with van der Waals surface area (Å²) in [7, 11) is -1.38. The third-order valence-corrected chi connectivity index (χ3v) is 4.58. The highest BCUT2D eigenvalue weighted by Gasteiger charge is 2.23. The summed E-state index contributed by atoms with van der Waals surface area (Å²) >= 11 is 5.78. The number of hydrogen-bond acceptors (Lipinski definition) is 2. The molecule has 2 aromatic rings. The van der Waals surface area contributed by atoms with E-state index >= 15 is 0 Å². The molecule has 0 aliphatic heterocycles. The number of carboxylic acid groups (broad SMARTS) is 1. The fourth-order valence-corrected chi connectivity index (χ4v) is 3.23. The Morgan fingerprint density at radius 2 is 1.70 bits per heavy atom. The predicted molar refractivity (Wildman–Crippen MR) is 79.5 cm³/mol. The van der Waals surface area contributed by atoms with Crippen molar-refractivity contribution in [1.82, 2.24) is 0 Å². The first-order chi connectivity index (χ1) is 9.58. The molecular weight excluding hydrogens is 296 g/mol. The lowest BCUT2D eigenvalue weighted by molar-refractivity contribution is -0.138. The van der Waals surface area contributed by atoms with E-state index in [0.717, 1.165) is 0 Å². The Hall–Kier alpha value is -1.65. The molecule has 0 aliphatic rings. The zero-order valence-corrected chi connectivity index (χ0v) is 12.1. The van der Waals surface area contributed by atoms with Crippen molar-refractivity contribution in [2.45, 2.75) is 10.8 Å². The first-order valence-corrected chi connectivity index (χ1v) is 7.69. The molecule has 0 aliphatic carbocycles. The highest BCUT2D eigenvalue weighted by molar-refractivity contribution is 7.85. The van der Waals surface area contributed by atoms with Crippen LogP contribution in [0.2, 0.25) is 5.02 Å². The first kappa shape index (κ1) is 14.8. The Balaban J connectivity index is 2.19. The van der Waals surface area contributed by atoms with Crippen molar-refractivity contribution >= 4 is 28.4 Å². The molecule has 0 heterocycles. The van der Waals surface area contributed by atoms with Gasteiger partial charge in [0.25, 0.3) is 0 Å². The van der Waals surface area contributed by atoms with Crippen molar-refractivity contribution in [1.29, 1.82) is 0 Å². The van der Waals surface area contributed by atoms with Crippen molar-refractivity contribution < 1.29 is 14.1 Å². The molecule has 0 fully saturated rings. The van der Waals surface area contributed by atoms with Crippen molar-refractivity contribution in [3.8, 4) is 0 Å². The Kier molecular flexibility index (Phi) is 4.93. The van der Waals surface area contributed by atoms with Gasteiger partial charge in [0.05, 0.1) is 16.7 Å². The SMILES string of the molecule is O=C(O)C(CS(=O)c1ccc(Cl)cc1)c1ccccc1. The van der Waals surface area contributed by atoms with Crippen LogP contribution in [0.15, 0.2) is 59.5 Å². The van der Waals surface area contributed by atoms with Gasteiger partial charge in [0, 0.05) is 15.7 Å². The molecule has 2 rings (SSSR count). The minimum absolute atomic E-state index is 0.0426. The lowest BCUT2D eigenvalue weighted by Crippen LogP contribution is -2.18. The molecule has 0 bridgehead atoms. The van der Waals surface area contributed by atoms with Crippen LogP contribution in [0, 0.1) is 0 Å². The summed E-state index contributed by atoms with van der Waals surface area (Å²) in [5.74, 6) is -1.72. The van der Waals surface area contributed by atoms with E-state index in [9.17, 15) is 14.1 Å². The van der Waals surface area contributed by atoms with Crippen molar-refractivity contribution in [3.63, 3.8) is 0 Å². The van der Waals surface area contributed by atoms with Crippen LogP contribution in [-0.2, 0) is 15.6 Å². The number of rotatable bonds is 5. The fraction of sp³-hybridized carbons (Fsp3) is 0.133. The van der Waals surface area contributed by atoms with E-state index in [1.807, 2.05) is 6.07 Å². The van der Waals surface area contributed by atoms with Crippen molar-refractivity contribution in [2.24, 2.45) is 0 Å². The van der Waals surface area contributed by atoms with Crippen LogP contribution < -0.4 is 0 Å². The minimum atomic E-state index is -1.38. The molecule has 1 N–H and O–H groups in total. The largest absolute Gasteiger partial charge is 0.481 e. The molecule has 2 unspecified atom stereocenters. The number of carboxylic acids is 1. The summed E-state index contributed by atoms with van der Waals surface area (Å²) in [5, 5.41) is 9.87. The van der Waals surface area contributed by atoms with E-state index in [1.54, 1.807) is 48.5 Å². The molecule has 2 aromatic carbocycles. The van der Waals surface area contributed by atoms with Gasteiger partial charge in [-0.05, 0) is 29.8 Å². The van der Waals surface area contributed by atoms with Crippen LogP contribution in [0.4, 0.5) is 0 Å². The summed E-state index contributed by atoms with van der Waals surface area (Å²) in [4.78, 5) is 11.9. The third kappa shape index (κ3) is 3.68. The van der Waals surface area contributed by atoms with Gasteiger partial charge in [0.1, 0.15) is 0 Å². The molecule has 0 saturated heterocycles. The second-order valence-corrected chi connectivity index (χ2v) is 6.20. The Labute approximate surface area is 124 Å². The smallest absolute Gasteiger partial charge is 0.311 e. The number of aliphatic carboxylic acids is 1. The van der Waals surface area contributed by atoms with Gasteiger partial charge in [-0.15, -0.1) is 0 Å². The Morgan fingerprint density at radius 1 is 1.10 bits per heavy atom. The van der Waals surface area contributed by atoms with E-state index in [2.05, 4.69) is 0 Å². The maximum absolute atomic E-state index is 12.2. The van der Waals surface area contributed by atoms with Gasteiger partial charge in [0.2, 0.25) is 0 Å². The van der Waals surface area contributed by atoms with Gasteiger partial charge in [-0.1, -0.05) is 41.9 Å². The molecule has 2 atom stereocenters. The van der Waals surface area contributed by atoms with Crippen LogP contribution >= 0.6 is 11.6 Å². The Morgan fingerprint density at radius 3 is 2.25 bits per heavy atom. The highest BCUT2D eigenvalue weighted by Crippen LogP contribution is 2.21. The zero-order valence-electron chi connectivity index (χ0n) is 10.5. The van der Waals surface area contributed by atoms with Gasteiger partial charge >= 0.3 is 5.97 Å². The molecule has 104 valence electrons. The second kappa shape index (κ2) is 6.68. The van der Waals surface area contributed by atoms with E-state index < -0.39 is 22.7 Å². The monoisotopic (exact) mass is 308 g/mol. The van der Waals surface area contributed by atoms with Crippen LogP contribution in [0.5, 0.6) is 0 Å². The average Bonchev–Trinajstić information content (AvgIpc) is 2.46. The fourth-order valence-electron chi connectivity index (χ4n) is 1.83. The average molecular weight is 309 g/mol. The van der Waals surface area contributed by atoms with E-state index in [-0.39, 0.29) is 5.75 Å². The predicted octanol–water partition coefficient (Wildman–Crippen LogP) is 3.32. The van der Waals surface area contributed by atoms with Crippen LogP contribution in [0.25, 0.3) is 0 Å². The molecule has 5 heteroatoms. The van der Waals surface area contributed by atoms with Gasteiger partial charge in [0.15, 0.2) is 0 Å². The van der Waals surface area contributed by atoms with Crippen LogP contribution in [0.3, 0.4) is 0 Å². The van der Waals surface area contributed by atoms with Crippen LogP contribution in [0.1, 0.15) is 11.5 Å². The number of carbonyl (C=O) groups is 1. The molecule has 20 heavy (non-hydrogen) atoms. The highest BCUT2D eigenvalue weighted by atomic mass is 35.5. The van der Waals surface area contributed by atoms with Crippen LogP contribution in [-0.4, -0.2) is 21.0 Å². The minimum Gasteiger partial charge on any atom is -0.481 e. The van der Waals surface area contributed by atoms with Gasteiger partial charge in [-0.2, -0.15) is 0 Å². The lowest BCUT2D eigenvalue weighted by atomic mass is 10.0. The summed E-state index contributed by atoms with van der Waals surface area (Å²) in [6.45, 7) is 0. The zero-order chi connectivity index (χ0) is 14.5. The maximum atomic E-state index is 12.2. The number of benzene rings is 2. The third-order valence-electron chi connectivity index (χ3n) is 2.89. The summed E-state index contributed by atoms with van der Waals surface area (Å²) in [6.07, 6.45) is 0. The second-order valence-electron chi connectivity index (χ2n) is 4.27. The van der Waals surface area contributed by atoms with E-state index in [4.69, 9.17) is 11.6 Å². The van der Waals surface area contributed by atoms with Crippen molar-refractivity contribution in [2.75, 3.05) is 5.75 Å². The van der Waals surface area contributed by atoms with Crippen molar-refractivity contribution in [3.05, 3.63) is 65.2 Å². The molecule has 0 amide bonds. The standard InChI is InChI=1S/C15H13ClO3S/c16-12-6-8-13(9-7-12)20(19)10-14(15(17)18)11-4-2-1-3-5-11/h1-9,14H,10H2,(H,17,18).